The molecule has 21 heavy (non-hydrogen) atoms. The molecule has 2 aromatic rings. The summed E-state index contributed by atoms with van der Waals surface area (Å²) in [6, 6.07) is 7.57. The lowest BCUT2D eigenvalue weighted by molar-refractivity contribution is 0.0889. The SMILES string of the molecule is COC1CCCN(c2nncc(-c3ccc(Cl)cc3)n2)C1. The maximum absolute atomic E-state index is 5.91. The molecule has 1 aliphatic heterocycles. The average molecular weight is 305 g/mol. The maximum atomic E-state index is 5.91. The van der Waals surface area contributed by atoms with Crippen LogP contribution in [0.25, 0.3) is 11.3 Å². The number of hydrogen-bond acceptors (Lipinski definition) is 5. The summed E-state index contributed by atoms with van der Waals surface area (Å²) in [4.78, 5) is 6.75. The van der Waals surface area contributed by atoms with E-state index in [9.17, 15) is 0 Å². The Hall–Kier alpha value is -1.72. The van der Waals surface area contributed by atoms with E-state index >= 15 is 0 Å². The first kappa shape index (κ1) is 14.2. The monoisotopic (exact) mass is 304 g/mol. The highest BCUT2D eigenvalue weighted by Crippen LogP contribution is 2.22. The van der Waals surface area contributed by atoms with Gasteiger partial charge in [0.25, 0.3) is 0 Å². The molecule has 0 aliphatic carbocycles. The fraction of sp³-hybridized carbons (Fsp3) is 0.400. The maximum Gasteiger partial charge on any atom is 0.245 e. The van der Waals surface area contributed by atoms with Crippen molar-refractivity contribution in [1.82, 2.24) is 15.2 Å². The second-order valence-electron chi connectivity index (χ2n) is 5.09. The summed E-state index contributed by atoms with van der Waals surface area (Å²) in [6.45, 7) is 1.74. The molecule has 1 aliphatic rings. The number of methoxy groups -OCH3 is 1. The van der Waals surface area contributed by atoms with Gasteiger partial charge in [-0.05, 0) is 25.0 Å². The third kappa shape index (κ3) is 3.31. The average Bonchev–Trinajstić information content (AvgIpc) is 2.56. The first-order chi connectivity index (χ1) is 10.3. The normalized spacial score (nSPS) is 18.8. The van der Waals surface area contributed by atoms with Crippen molar-refractivity contribution in [3.8, 4) is 11.3 Å². The summed E-state index contributed by atoms with van der Waals surface area (Å²) >= 11 is 5.91. The summed E-state index contributed by atoms with van der Waals surface area (Å²) < 4.78 is 5.44. The van der Waals surface area contributed by atoms with E-state index in [0.717, 1.165) is 37.2 Å². The van der Waals surface area contributed by atoms with Crippen LogP contribution in [-0.4, -0.2) is 41.5 Å². The van der Waals surface area contributed by atoms with Gasteiger partial charge >= 0.3 is 0 Å². The van der Waals surface area contributed by atoms with E-state index in [1.807, 2.05) is 24.3 Å². The number of rotatable bonds is 3. The minimum atomic E-state index is 0.238. The number of piperidine rings is 1. The standard InChI is InChI=1S/C15H17ClN4O/c1-21-13-3-2-8-20(10-13)15-18-14(9-17-19-15)11-4-6-12(16)7-5-11/h4-7,9,13H,2-3,8,10H2,1H3. The summed E-state index contributed by atoms with van der Waals surface area (Å²) in [6.07, 6.45) is 4.07. The smallest absolute Gasteiger partial charge is 0.245 e. The molecule has 0 N–H and O–H groups in total. The van der Waals surface area contributed by atoms with Crippen molar-refractivity contribution in [2.75, 3.05) is 25.1 Å². The third-order valence-electron chi connectivity index (χ3n) is 3.68. The van der Waals surface area contributed by atoms with E-state index in [0.29, 0.717) is 11.0 Å². The Labute approximate surface area is 128 Å². The topological polar surface area (TPSA) is 51.1 Å². The van der Waals surface area contributed by atoms with Gasteiger partial charge in [-0.2, -0.15) is 5.10 Å². The molecule has 2 heterocycles. The van der Waals surface area contributed by atoms with Crippen LogP contribution in [0, 0.1) is 0 Å². The van der Waals surface area contributed by atoms with E-state index in [1.165, 1.54) is 0 Å². The third-order valence-corrected chi connectivity index (χ3v) is 3.93. The number of aromatic nitrogens is 3. The van der Waals surface area contributed by atoms with Crippen molar-refractivity contribution in [2.45, 2.75) is 18.9 Å². The largest absolute Gasteiger partial charge is 0.380 e. The van der Waals surface area contributed by atoms with Crippen molar-refractivity contribution in [1.29, 1.82) is 0 Å². The molecule has 6 heteroatoms. The summed E-state index contributed by atoms with van der Waals surface area (Å²) in [7, 11) is 1.75. The van der Waals surface area contributed by atoms with Crippen LogP contribution < -0.4 is 4.90 Å². The number of hydrogen-bond donors (Lipinski definition) is 0. The Morgan fingerprint density at radius 2 is 2.10 bits per heavy atom. The first-order valence-electron chi connectivity index (χ1n) is 6.99. The number of nitrogens with zero attached hydrogens (tertiary/aromatic N) is 4. The van der Waals surface area contributed by atoms with E-state index in [-0.39, 0.29) is 6.10 Å². The van der Waals surface area contributed by atoms with Crippen LogP contribution in [0.2, 0.25) is 5.02 Å². The Kier molecular flexibility index (Phi) is 4.31. The van der Waals surface area contributed by atoms with Crippen LogP contribution in [0.5, 0.6) is 0 Å². The molecule has 1 aromatic carbocycles. The predicted molar refractivity (Wildman–Crippen MR) is 82.5 cm³/mol. The van der Waals surface area contributed by atoms with Crippen molar-refractivity contribution in [3.05, 3.63) is 35.5 Å². The van der Waals surface area contributed by atoms with Gasteiger partial charge in [-0.3, -0.25) is 0 Å². The summed E-state index contributed by atoms with van der Waals surface area (Å²) in [5.41, 5.74) is 1.78. The Morgan fingerprint density at radius 3 is 2.86 bits per heavy atom. The van der Waals surface area contributed by atoms with Crippen molar-refractivity contribution < 1.29 is 4.74 Å². The minimum absolute atomic E-state index is 0.238. The molecular formula is C15H17ClN4O. The fourth-order valence-electron chi connectivity index (χ4n) is 2.50. The zero-order valence-corrected chi connectivity index (χ0v) is 12.6. The second kappa shape index (κ2) is 6.37. The minimum Gasteiger partial charge on any atom is -0.380 e. The van der Waals surface area contributed by atoms with Crippen molar-refractivity contribution >= 4 is 17.5 Å². The van der Waals surface area contributed by atoms with Crippen LogP contribution in [0.3, 0.4) is 0 Å². The van der Waals surface area contributed by atoms with Gasteiger partial charge in [0, 0.05) is 30.8 Å². The highest BCUT2D eigenvalue weighted by molar-refractivity contribution is 6.30. The molecule has 0 saturated carbocycles. The van der Waals surface area contributed by atoms with Gasteiger partial charge in [-0.25, -0.2) is 4.98 Å². The number of ether oxygens (including phenoxy) is 1. The zero-order valence-electron chi connectivity index (χ0n) is 11.9. The lowest BCUT2D eigenvalue weighted by Gasteiger charge is -2.31. The van der Waals surface area contributed by atoms with Crippen LogP contribution in [0.1, 0.15) is 12.8 Å². The van der Waals surface area contributed by atoms with Crippen molar-refractivity contribution in [2.24, 2.45) is 0 Å². The van der Waals surface area contributed by atoms with Gasteiger partial charge in [0.05, 0.1) is 18.0 Å². The lowest BCUT2D eigenvalue weighted by Crippen LogP contribution is -2.40. The van der Waals surface area contributed by atoms with Gasteiger partial charge in [-0.1, -0.05) is 23.7 Å². The highest BCUT2D eigenvalue weighted by Gasteiger charge is 2.22. The first-order valence-corrected chi connectivity index (χ1v) is 7.37. The Morgan fingerprint density at radius 1 is 1.29 bits per heavy atom. The van der Waals surface area contributed by atoms with Crippen LogP contribution >= 0.6 is 11.6 Å². The molecular weight excluding hydrogens is 288 g/mol. The molecule has 0 bridgehead atoms. The molecule has 5 nitrogen and oxygen atoms in total. The van der Waals surface area contributed by atoms with Crippen LogP contribution in [-0.2, 0) is 4.74 Å². The molecule has 0 amide bonds. The summed E-state index contributed by atoms with van der Waals surface area (Å²) in [5.74, 6) is 0.657. The fourth-order valence-corrected chi connectivity index (χ4v) is 2.63. The zero-order chi connectivity index (χ0) is 14.7. The highest BCUT2D eigenvalue weighted by atomic mass is 35.5. The van der Waals surface area contributed by atoms with Gasteiger partial charge in [0.1, 0.15) is 0 Å². The van der Waals surface area contributed by atoms with Crippen LogP contribution in [0.15, 0.2) is 30.5 Å². The van der Waals surface area contributed by atoms with Gasteiger partial charge < -0.3 is 9.64 Å². The molecule has 1 fully saturated rings. The Bertz CT molecular complexity index is 605. The Balaban J connectivity index is 1.84. The molecule has 110 valence electrons. The number of anilines is 1. The summed E-state index contributed by atoms with van der Waals surface area (Å²) in [5, 5.41) is 8.95. The molecule has 1 unspecified atom stereocenters. The molecule has 1 aromatic heterocycles. The molecule has 1 saturated heterocycles. The van der Waals surface area contributed by atoms with E-state index in [1.54, 1.807) is 13.3 Å². The van der Waals surface area contributed by atoms with Gasteiger partial charge in [-0.15, -0.1) is 5.10 Å². The second-order valence-corrected chi connectivity index (χ2v) is 5.53. The van der Waals surface area contributed by atoms with E-state index in [2.05, 4.69) is 20.1 Å². The van der Waals surface area contributed by atoms with Gasteiger partial charge in [0.2, 0.25) is 5.95 Å². The number of benzene rings is 1. The predicted octanol–water partition coefficient (Wildman–Crippen LogP) is 2.81. The van der Waals surface area contributed by atoms with Gasteiger partial charge in [0.15, 0.2) is 0 Å². The molecule has 0 spiro atoms. The van der Waals surface area contributed by atoms with Crippen molar-refractivity contribution in [3.63, 3.8) is 0 Å². The lowest BCUT2D eigenvalue weighted by atomic mass is 10.1. The quantitative estimate of drug-likeness (QED) is 0.873. The molecule has 0 radical (unpaired) electrons. The van der Waals surface area contributed by atoms with E-state index in [4.69, 9.17) is 16.3 Å². The van der Waals surface area contributed by atoms with Crippen LogP contribution in [0.4, 0.5) is 5.95 Å². The number of halogens is 1. The molecule has 1 atom stereocenters. The van der Waals surface area contributed by atoms with E-state index < -0.39 is 0 Å². The molecule has 3 rings (SSSR count).